The van der Waals surface area contributed by atoms with Crippen molar-refractivity contribution in [1.29, 1.82) is 0 Å². The molecule has 0 radical (unpaired) electrons. The van der Waals surface area contributed by atoms with Crippen molar-refractivity contribution >= 4 is 22.5 Å². The molecule has 4 nitrogen and oxygen atoms in total. The summed E-state index contributed by atoms with van der Waals surface area (Å²) in [6, 6.07) is 15.8. The Hall–Kier alpha value is -2.85. The zero-order valence-corrected chi connectivity index (χ0v) is 13.7. The predicted molar refractivity (Wildman–Crippen MR) is 95.9 cm³/mol. The molecular formula is C19H14ClN3O. The van der Waals surface area contributed by atoms with E-state index in [1.807, 2.05) is 59.3 Å². The number of aromatic nitrogens is 3. The number of halogens is 1. The quantitative estimate of drug-likeness (QED) is 0.542. The predicted octanol–water partition coefficient (Wildman–Crippen LogP) is 4.75. The van der Waals surface area contributed by atoms with Crippen LogP contribution in [0.3, 0.4) is 0 Å². The highest BCUT2D eigenvalue weighted by atomic mass is 35.5. The fourth-order valence-electron chi connectivity index (χ4n) is 2.80. The average Bonchev–Trinajstić information content (AvgIpc) is 3.10. The number of methoxy groups -OCH3 is 1. The number of nitrogens with zero attached hydrogens (tertiary/aromatic N) is 3. The van der Waals surface area contributed by atoms with Gasteiger partial charge in [0.2, 0.25) is 0 Å². The molecule has 24 heavy (non-hydrogen) atoms. The van der Waals surface area contributed by atoms with Gasteiger partial charge in [0.05, 0.1) is 23.3 Å². The van der Waals surface area contributed by atoms with Crippen LogP contribution in [-0.2, 0) is 0 Å². The van der Waals surface area contributed by atoms with Gasteiger partial charge in [-0.05, 0) is 18.2 Å². The maximum absolute atomic E-state index is 6.22. The van der Waals surface area contributed by atoms with Crippen LogP contribution in [0.1, 0.15) is 0 Å². The maximum Gasteiger partial charge on any atom is 0.144 e. The molecule has 0 amide bonds. The third kappa shape index (κ3) is 2.41. The Labute approximate surface area is 144 Å². The van der Waals surface area contributed by atoms with Crippen LogP contribution in [-0.4, -0.2) is 21.6 Å². The lowest BCUT2D eigenvalue weighted by molar-refractivity contribution is 0.415. The first-order valence-corrected chi connectivity index (χ1v) is 7.87. The molecule has 0 aliphatic carbocycles. The van der Waals surface area contributed by atoms with Crippen LogP contribution in [0.4, 0.5) is 0 Å². The lowest BCUT2D eigenvalue weighted by Crippen LogP contribution is -1.98. The topological polar surface area (TPSA) is 39.9 Å². The Morgan fingerprint density at radius 1 is 1.00 bits per heavy atom. The molecule has 2 aromatic heterocycles. The van der Waals surface area contributed by atoms with Gasteiger partial charge in [0.1, 0.15) is 11.6 Å². The van der Waals surface area contributed by atoms with E-state index in [2.05, 4.69) is 9.97 Å². The molecule has 0 unspecified atom stereocenters. The molecule has 0 N–H and O–H groups in total. The van der Waals surface area contributed by atoms with E-state index in [0.717, 1.165) is 28.0 Å². The molecule has 4 aromatic rings. The highest BCUT2D eigenvalue weighted by Gasteiger charge is 2.13. The van der Waals surface area contributed by atoms with Crippen molar-refractivity contribution in [2.75, 3.05) is 7.11 Å². The Bertz CT molecular complexity index is 1010. The van der Waals surface area contributed by atoms with E-state index in [-0.39, 0.29) is 0 Å². The average molecular weight is 336 g/mol. The summed E-state index contributed by atoms with van der Waals surface area (Å²) < 4.78 is 7.40. The number of ether oxygens (including phenoxy) is 1. The van der Waals surface area contributed by atoms with Crippen molar-refractivity contribution in [1.82, 2.24) is 14.5 Å². The molecule has 0 bridgehead atoms. The van der Waals surface area contributed by atoms with Crippen LogP contribution in [0.2, 0.25) is 5.02 Å². The van der Waals surface area contributed by atoms with E-state index in [4.69, 9.17) is 16.3 Å². The number of fused-ring (bicyclic) bond motifs is 1. The lowest BCUT2D eigenvalue weighted by Gasteiger charge is -2.12. The fraction of sp³-hybridized carbons (Fsp3) is 0.0526. The van der Waals surface area contributed by atoms with E-state index in [0.29, 0.717) is 10.8 Å². The molecule has 0 fully saturated rings. The molecule has 0 aliphatic rings. The van der Waals surface area contributed by atoms with E-state index < -0.39 is 0 Å². The van der Waals surface area contributed by atoms with E-state index in [1.54, 1.807) is 19.5 Å². The summed E-state index contributed by atoms with van der Waals surface area (Å²) in [6.45, 7) is 0. The van der Waals surface area contributed by atoms with Gasteiger partial charge in [-0.1, -0.05) is 41.9 Å². The van der Waals surface area contributed by atoms with Gasteiger partial charge in [0, 0.05) is 29.5 Å². The van der Waals surface area contributed by atoms with Crippen molar-refractivity contribution in [3.63, 3.8) is 0 Å². The summed E-state index contributed by atoms with van der Waals surface area (Å²) in [5.41, 5.74) is 2.84. The van der Waals surface area contributed by atoms with Gasteiger partial charge in [-0.25, -0.2) is 4.98 Å². The minimum Gasteiger partial charge on any atom is -0.495 e. The third-order valence-corrected chi connectivity index (χ3v) is 4.22. The second-order valence-electron chi connectivity index (χ2n) is 5.32. The number of hydrogen-bond donors (Lipinski definition) is 0. The normalized spacial score (nSPS) is 10.9. The van der Waals surface area contributed by atoms with Crippen LogP contribution < -0.4 is 4.74 Å². The van der Waals surface area contributed by atoms with Crippen molar-refractivity contribution in [2.45, 2.75) is 0 Å². The van der Waals surface area contributed by atoms with E-state index in [1.165, 1.54) is 0 Å². The molecule has 2 heterocycles. The highest BCUT2D eigenvalue weighted by molar-refractivity contribution is 6.32. The summed E-state index contributed by atoms with van der Waals surface area (Å²) in [7, 11) is 1.61. The van der Waals surface area contributed by atoms with Gasteiger partial charge >= 0.3 is 0 Å². The van der Waals surface area contributed by atoms with Gasteiger partial charge in [-0.3, -0.25) is 9.55 Å². The summed E-state index contributed by atoms with van der Waals surface area (Å²) in [5, 5.41) is 1.50. The number of benzene rings is 2. The zero-order chi connectivity index (χ0) is 16.5. The van der Waals surface area contributed by atoms with E-state index in [9.17, 15) is 0 Å². The highest BCUT2D eigenvalue weighted by Crippen LogP contribution is 2.33. The van der Waals surface area contributed by atoms with Crippen molar-refractivity contribution < 1.29 is 4.74 Å². The molecule has 2 aromatic carbocycles. The smallest absolute Gasteiger partial charge is 0.144 e. The van der Waals surface area contributed by atoms with Crippen LogP contribution in [0.5, 0.6) is 5.75 Å². The third-order valence-electron chi connectivity index (χ3n) is 3.92. The first-order chi connectivity index (χ1) is 11.8. The molecule has 0 aliphatic heterocycles. The second-order valence-corrected chi connectivity index (χ2v) is 5.73. The zero-order valence-electron chi connectivity index (χ0n) is 13.0. The van der Waals surface area contributed by atoms with Crippen LogP contribution in [0.25, 0.3) is 28.0 Å². The lowest BCUT2D eigenvalue weighted by atomic mass is 10.1. The van der Waals surface area contributed by atoms with Gasteiger partial charge in [-0.15, -0.1) is 0 Å². The Kier molecular flexibility index (Phi) is 3.67. The molecule has 5 heteroatoms. The largest absolute Gasteiger partial charge is 0.495 e. The molecular weight excluding hydrogens is 322 g/mol. The van der Waals surface area contributed by atoms with Gasteiger partial charge in [-0.2, -0.15) is 0 Å². The monoisotopic (exact) mass is 335 g/mol. The second kappa shape index (κ2) is 5.98. The number of pyridine rings is 1. The van der Waals surface area contributed by atoms with Gasteiger partial charge in [0.15, 0.2) is 0 Å². The Morgan fingerprint density at radius 3 is 2.62 bits per heavy atom. The van der Waals surface area contributed by atoms with Crippen molar-refractivity contribution in [3.8, 4) is 22.8 Å². The van der Waals surface area contributed by atoms with Crippen LogP contribution >= 0.6 is 11.6 Å². The van der Waals surface area contributed by atoms with E-state index >= 15 is 0 Å². The molecule has 4 rings (SSSR count). The first-order valence-electron chi connectivity index (χ1n) is 7.49. The summed E-state index contributed by atoms with van der Waals surface area (Å²) in [4.78, 5) is 8.93. The molecule has 0 saturated heterocycles. The van der Waals surface area contributed by atoms with Gasteiger partial charge < -0.3 is 4.74 Å². The van der Waals surface area contributed by atoms with Crippen molar-refractivity contribution in [2.24, 2.45) is 0 Å². The SMILES string of the molecule is COc1cc2c(-n3ccnc3-c3ccccc3)ccnc2cc1Cl. The molecule has 0 saturated carbocycles. The number of hydrogen-bond acceptors (Lipinski definition) is 3. The Balaban J connectivity index is 1.97. The van der Waals surface area contributed by atoms with Crippen LogP contribution in [0, 0.1) is 0 Å². The number of imidazole rings is 1. The maximum atomic E-state index is 6.22. The molecule has 0 atom stereocenters. The van der Waals surface area contributed by atoms with Crippen LogP contribution in [0.15, 0.2) is 67.1 Å². The standard InChI is InChI=1S/C19H14ClN3O/c1-24-18-11-14-16(12-15(18)20)21-8-7-17(14)23-10-9-22-19(23)13-5-3-2-4-6-13/h2-12H,1H3. The summed E-state index contributed by atoms with van der Waals surface area (Å²) in [6.07, 6.45) is 5.51. The summed E-state index contributed by atoms with van der Waals surface area (Å²) in [5.74, 6) is 1.50. The molecule has 0 spiro atoms. The number of rotatable bonds is 3. The minimum absolute atomic E-state index is 0.545. The van der Waals surface area contributed by atoms with Gasteiger partial charge in [0.25, 0.3) is 0 Å². The fourth-order valence-corrected chi connectivity index (χ4v) is 3.03. The minimum atomic E-state index is 0.545. The van der Waals surface area contributed by atoms with Crippen molar-refractivity contribution in [3.05, 3.63) is 72.1 Å². The molecule has 118 valence electrons. The summed E-state index contributed by atoms with van der Waals surface area (Å²) >= 11 is 6.22. The Morgan fingerprint density at radius 2 is 1.83 bits per heavy atom. The first kappa shape index (κ1) is 14.7.